The monoisotopic (exact) mass is 278 g/mol. The molecule has 1 atom stereocenters. The quantitative estimate of drug-likeness (QED) is 0.812. The number of rotatable bonds is 5. The number of aliphatic hydroxyl groups excluding tert-OH is 1. The summed E-state index contributed by atoms with van der Waals surface area (Å²) in [5, 5.41) is 11.7. The van der Waals surface area contributed by atoms with Gasteiger partial charge in [0.15, 0.2) is 6.61 Å². The molecule has 2 rings (SSSR count). The number of amides is 2. The Hall–Kier alpha value is -2.08. The van der Waals surface area contributed by atoms with E-state index in [1.54, 1.807) is 24.0 Å². The molecule has 1 heterocycles. The molecule has 20 heavy (non-hydrogen) atoms. The Balaban J connectivity index is 1.95. The summed E-state index contributed by atoms with van der Waals surface area (Å²) in [6, 6.07) is 7.24. The predicted molar refractivity (Wildman–Crippen MR) is 73.6 cm³/mol. The largest absolute Gasteiger partial charge is 0.482 e. The van der Waals surface area contributed by atoms with E-state index in [0.717, 1.165) is 0 Å². The van der Waals surface area contributed by atoms with Crippen molar-refractivity contribution in [2.45, 2.75) is 19.4 Å². The van der Waals surface area contributed by atoms with Crippen molar-refractivity contribution < 1.29 is 19.4 Å². The number of nitrogens with zero attached hydrogens (tertiary/aromatic N) is 1. The van der Waals surface area contributed by atoms with Gasteiger partial charge in [-0.15, -0.1) is 0 Å². The van der Waals surface area contributed by atoms with E-state index in [0.29, 0.717) is 18.0 Å². The number of hydrogen-bond donors (Lipinski definition) is 2. The van der Waals surface area contributed by atoms with Gasteiger partial charge in [-0.25, -0.2) is 0 Å². The second kappa shape index (κ2) is 6.38. The third kappa shape index (κ3) is 3.48. The first kappa shape index (κ1) is 14.3. The van der Waals surface area contributed by atoms with E-state index < -0.39 is 6.10 Å². The van der Waals surface area contributed by atoms with Crippen LogP contribution in [-0.2, 0) is 9.59 Å². The minimum atomic E-state index is -0.579. The maximum absolute atomic E-state index is 11.9. The lowest BCUT2D eigenvalue weighted by Gasteiger charge is -2.29. The number of para-hydroxylation sites is 2. The average molecular weight is 278 g/mol. The van der Waals surface area contributed by atoms with E-state index in [2.05, 4.69) is 5.32 Å². The van der Waals surface area contributed by atoms with Crippen LogP contribution < -0.4 is 15.0 Å². The molecule has 1 unspecified atom stereocenters. The molecule has 0 bridgehead atoms. The molecule has 0 fully saturated rings. The van der Waals surface area contributed by atoms with E-state index in [-0.39, 0.29) is 31.4 Å². The molecule has 108 valence electrons. The number of ether oxygens (including phenoxy) is 1. The molecule has 0 saturated carbocycles. The molecular weight excluding hydrogens is 260 g/mol. The van der Waals surface area contributed by atoms with Crippen molar-refractivity contribution in [3.8, 4) is 5.75 Å². The first-order valence-electron chi connectivity index (χ1n) is 6.55. The number of aliphatic hydroxyl groups is 1. The molecular formula is C14H18N2O4. The summed E-state index contributed by atoms with van der Waals surface area (Å²) in [5.74, 6) is 0.297. The highest BCUT2D eigenvalue weighted by molar-refractivity contribution is 5.98. The van der Waals surface area contributed by atoms with Gasteiger partial charge >= 0.3 is 0 Å². The van der Waals surface area contributed by atoms with Crippen LogP contribution in [0, 0.1) is 0 Å². The predicted octanol–water partition coefficient (Wildman–Crippen LogP) is 0.299. The van der Waals surface area contributed by atoms with E-state index >= 15 is 0 Å². The van der Waals surface area contributed by atoms with Crippen LogP contribution in [0.15, 0.2) is 24.3 Å². The van der Waals surface area contributed by atoms with Crippen LogP contribution in [0.25, 0.3) is 0 Å². The number of carbonyl (C=O) groups excluding carboxylic acids is 2. The lowest BCUT2D eigenvalue weighted by Crippen LogP contribution is -2.41. The Morgan fingerprint density at radius 2 is 2.25 bits per heavy atom. The number of carbonyl (C=O) groups is 2. The Bertz CT molecular complexity index is 502. The first-order chi connectivity index (χ1) is 9.58. The molecule has 6 nitrogen and oxygen atoms in total. The molecule has 0 spiro atoms. The Morgan fingerprint density at radius 3 is 3.00 bits per heavy atom. The lowest BCUT2D eigenvalue weighted by molar-refractivity contribution is -0.122. The minimum absolute atomic E-state index is 0.00763. The lowest BCUT2D eigenvalue weighted by atomic mass is 10.2. The van der Waals surface area contributed by atoms with E-state index in [1.807, 2.05) is 12.1 Å². The highest BCUT2D eigenvalue weighted by Gasteiger charge is 2.25. The maximum atomic E-state index is 11.9. The van der Waals surface area contributed by atoms with Gasteiger partial charge in [-0.2, -0.15) is 0 Å². The molecule has 1 aromatic carbocycles. The second-order valence-electron chi connectivity index (χ2n) is 4.70. The normalized spacial score (nSPS) is 15.3. The second-order valence-corrected chi connectivity index (χ2v) is 4.70. The van der Waals surface area contributed by atoms with Crippen molar-refractivity contribution in [2.75, 3.05) is 24.6 Å². The smallest absolute Gasteiger partial charge is 0.265 e. The molecule has 2 N–H and O–H groups in total. The highest BCUT2D eigenvalue weighted by Crippen LogP contribution is 2.31. The molecule has 0 aliphatic carbocycles. The van der Waals surface area contributed by atoms with E-state index in [4.69, 9.17) is 9.84 Å². The molecule has 1 aromatic rings. The summed E-state index contributed by atoms with van der Waals surface area (Å²) in [6.07, 6.45) is -0.392. The number of hydrogen-bond acceptors (Lipinski definition) is 4. The van der Waals surface area contributed by atoms with Gasteiger partial charge in [-0.05, 0) is 19.1 Å². The molecule has 6 heteroatoms. The fourth-order valence-corrected chi connectivity index (χ4v) is 1.96. The third-order valence-corrected chi connectivity index (χ3v) is 2.97. The van der Waals surface area contributed by atoms with Gasteiger partial charge in [0.2, 0.25) is 5.91 Å². The first-order valence-corrected chi connectivity index (χ1v) is 6.55. The Morgan fingerprint density at radius 1 is 1.50 bits per heavy atom. The van der Waals surface area contributed by atoms with Crippen molar-refractivity contribution >= 4 is 17.5 Å². The van der Waals surface area contributed by atoms with Gasteiger partial charge in [0.05, 0.1) is 11.8 Å². The van der Waals surface area contributed by atoms with Gasteiger partial charge in [0.25, 0.3) is 5.91 Å². The van der Waals surface area contributed by atoms with Crippen molar-refractivity contribution in [3.05, 3.63) is 24.3 Å². The van der Waals surface area contributed by atoms with Crippen LogP contribution in [0.5, 0.6) is 5.75 Å². The summed E-state index contributed by atoms with van der Waals surface area (Å²) in [5.41, 5.74) is 0.687. The number of nitrogens with one attached hydrogen (secondary N) is 1. The van der Waals surface area contributed by atoms with Gasteiger partial charge in [-0.3, -0.25) is 9.59 Å². The SMILES string of the molecule is CC(O)CNC(=O)CCN1C(=O)COc2ccccc21. The Labute approximate surface area is 117 Å². The molecule has 1 aliphatic rings. The van der Waals surface area contributed by atoms with E-state index in [9.17, 15) is 9.59 Å². The summed E-state index contributed by atoms with van der Waals surface area (Å²) >= 11 is 0. The van der Waals surface area contributed by atoms with Crippen LogP contribution in [0.3, 0.4) is 0 Å². The molecule has 2 amide bonds. The minimum Gasteiger partial charge on any atom is -0.482 e. The van der Waals surface area contributed by atoms with Crippen LogP contribution in [0.1, 0.15) is 13.3 Å². The van der Waals surface area contributed by atoms with Gasteiger partial charge in [0, 0.05) is 19.5 Å². The molecule has 0 aromatic heterocycles. The van der Waals surface area contributed by atoms with Crippen molar-refractivity contribution in [2.24, 2.45) is 0 Å². The molecule has 0 saturated heterocycles. The van der Waals surface area contributed by atoms with Crippen molar-refractivity contribution in [3.63, 3.8) is 0 Å². The average Bonchev–Trinajstić information content (AvgIpc) is 2.44. The van der Waals surface area contributed by atoms with Crippen LogP contribution in [0.2, 0.25) is 0 Å². The topological polar surface area (TPSA) is 78.9 Å². The zero-order valence-corrected chi connectivity index (χ0v) is 11.3. The van der Waals surface area contributed by atoms with Gasteiger partial charge in [-0.1, -0.05) is 12.1 Å². The van der Waals surface area contributed by atoms with E-state index in [1.165, 1.54) is 0 Å². The van der Waals surface area contributed by atoms with Gasteiger partial charge in [0.1, 0.15) is 5.75 Å². The summed E-state index contributed by atoms with van der Waals surface area (Å²) in [7, 11) is 0. The summed E-state index contributed by atoms with van der Waals surface area (Å²) in [6.45, 7) is 2.10. The summed E-state index contributed by atoms with van der Waals surface area (Å²) < 4.78 is 5.33. The van der Waals surface area contributed by atoms with Crippen LogP contribution in [-0.4, -0.2) is 42.7 Å². The number of benzene rings is 1. The van der Waals surface area contributed by atoms with Crippen LogP contribution >= 0.6 is 0 Å². The Kier molecular flexibility index (Phi) is 4.57. The number of fused-ring (bicyclic) bond motifs is 1. The molecule has 1 aliphatic heterocycles. The van der Waals surface area contributed by atoms with Gasteiger partial charge < -0.3 is 20.1 Å². The number of anilines is 1. The van der Waals surface area contributed by atoms with Crippen molar-refractivity contribution in [1.29, 1.82) is 0 Å². The highest BCUT2D eigenvalue weighted by atomic mass is 16.5. The fourth-order valence-electron chi connectivity index (χ4n) is 1.96. The zero-order valence-electron chi connectivity index (χ0n) is 11.3. The standard InChI is InChI=1S/C14H18N2O4/c1-10(17)8-15-13(18)6-7-16-11-4-2-3-5-12(11)20-9-14(16)19/h2-5,10,17H,6-9H2,1H3,(H,15,18). The fraction of sp³-hybridized carbons (Fsp3) is 0.429. The van der Waals surface area contributed by atoms with Crippen molar-refractivity contribution in [1.82, 2.24) is 5.32 Å². The van der Waals surface area contributed by atoms with Crippen LogP contribution in [0.4, 0.5) is 5.69 Å². The zero-order chi connectivity index (χ0) is 14.5. The molecule has 0 radical (unpaired) electrons. The summed E-state index contributed by atoms with van der Waals surface area (Å²) in [4.78, 5) is 25.0. The maximum Gasteiger partial charge on any atom is 0.265 e. The third-order valence-electron chi connectivity index (χ3n) is 2.97.